The summed E-state index contributed by atoms with van der Waals surface area (Å²) in [5.41, 5.74) is 4.62. The van der Waals surface area contributed by atoms with Gasteiger partial charge in [-0.1, -0.05) is 81.2 Å². The monoisotopic (exact) mass is 552 g/mol. The predicted molar refractivity (Wildman–Crippen MR) is 132 cm³/mol. The number of hydrogen-bond acceptors (Lipinski definition) is 2. The van der Waals surface area contributed by atoms with E-state index < -0.39 is 8.32 Å². The third-order valence-corrected chi connectivity index (χ3v) is 12.6. The van der Waals surface area contributed by atoms with Gasteiger partial charge in [0.1, 0.15) is 10.9 Å². The van der Waals surface area contributed by atoms with Crippen molar-refractivity contribution < 1.29 is 21.5 Å². The molecule has 0 aliphatic heterocycles. The number of pyridine rings is 1. The normalized spacial score (nSPS) is 12.0. The molecular weight excluding hydrogens is 525 g/mol. The number of benzene rings is 2. The summed E-state index contributed by atoms with van der Waals surface area (Å²) in [6.45, 7) is 13.9. The number of fused-ring (bicyclic) bond motifs is 1. The van der Waals surface area contributed by atoms with E-state index in [1.54, 1.807) is 0 Å². The summed E-state index contributed by atoms with van der Waals surface area (Å²) < 4.78 is 7.92. The number of nitrogens with zero attached hydrogens (tertiary/aromatic N) is 1. The van der Waals surface area contributed by atoms with Crippen LogP contribution in [0.1, 0.15) is 41.5 Å². The molecular formula is C24H29BrClCuNOSi. The fourth-order valence-electron chi connectivity index (χ4n) is 4.69. The average molecular weight is 554 g/mol. The van der Waals surface area contributed by atoms with Crippen LogP contribution in [0, 0.1) is 0 Å². The van der Waals surface area contributed by atoms with Gasteiger partial charge in [0.05, 0.1) is 5.52 Å². The maximum Gasteiger partial charge on any atom is 0.258 e. The van der Waals surface area contributed by atoms with Gasteiger partial charge in [0.2, 0.25) is 0 Å². The number of aromatic nitrogens is 1. The van der Waals surface area contributed by atoms with Crippen LogP contribution in [0.4, 0.5) is 0 Å². The van der Waals surface area contributed by atoms with Gasteiger partial charge in [-0.3, -0.25) is 0 Å². The first-order chi connectivity index (χ1) is 13.6. The minimum atomic E-state index is -2.01. The van der Waals surface area contributed by atoms with E-state index in [1.807, 2.05) is 18.2 Å². The van der Waals surface area contributed by atoms with Crippen molar-refractivity contribution in [1.82, 2.24) is 4.98 Å². The van der Waals surface area contributed by atoms with E-state index >= 15 is 0 Å². The summed E-state index contributed by atoms with van der Waals surface area (Å²) in [6.07, 6.45) is 0. The van der Waals surface area contributed by atoms with Crippen molar-refractivity contribution in [2.24, 2.45) is 0 Å². The molecule has 0 unspecified atom stereocenters. The molecule has 1 aromatic heterocycles. The smallest absolute Gasteiger partial charge is 0.258 e. The van der Waals surface area contributed by atoms with Crippen LogP contribution in [0.2, 0.25) is 21.8 Å². The van der Waals surface area contributed by atoms with Gasteiger partial charge in [-0.25, -0.2) is 4.98 Å². The van der Waals surface area contributed by atoms with Crippen molar-refractivity contribution in [2.75, 3.05) is 0 Å². The van der Waals surface area contributed by atoms with E-state index in [-0.39, 0.29) is 17.1 Å². The average Bonchev–Trinajstić information content (AvgIpc) is 2.65. The molecule has 0 atom stereocenters. The molecule has 6 heteroatoms. The number of halogens is 2. The molecule has 1 heterocycles. The Balaban J connectivity index is 0.00000320. The molecule has 0 N–H and O–H groups in total. The standard InChI is InChI=1S/C24H29BrClNOSi.Cu/c1-15(2)29(16(3)4,17(5)6)28-20-9-7-8-18(12-20)21-14-24(26)27-23-11-10-19(25)13-22(21)23;/h7-17H,1-6H3;. The Morgan fingerprint density at radius 1 is 0.900 bits per heavy atom. The van der Waals surface area contributed by atoms with Gasteiger partial charge in [-0.2, -0.15) is 0 Å². The third-order valence-electron chi connectivity index (χ3n) is 5.89. The van der Waals surface area contributed by atoms with Gasteiger partial charge < -0.3 is 4.43 Å². The molecule has 0 saturated heterocycles. The largest absolute Gasteiger partial charge is 0.543 e. The van der Waals surface area contributed by atoms with Crippen molar-refractivity contribution >= 4 is 46.8 Å². The second-order valence-electron chi connectivity index (χ2n) is 8.60. The van der Waals surface area contributed by atoms with Crippen LogP contribution in [0.15, 0.2) is 53.0 Å². The Labute approximate surface area is 205 Å². The van der Waals surface area contributed by atoms with Gasteiger partial charge in [0, 0.05) is 26.9 Å². The van der Waals surface area contributed by atoms with E-state index in [0.29, 0.717) is 21.8 Å². The Kier molecular flexibility index (Phi) is 8.63. The molecule has 0 spiro atoms. The van der Waals surface area contributed by atoms with Crippen molar-refractivity contribution in [3.63, 3.8) is 0 Å². The molecule has 1 radical (unpaired) electrons. The van der Waals surface area contributed by atoms with Gasteiger partial charge in [0.15, 0.2) is 0 Å². The van der Waals surface area contributed by atoms with E-state index in [4.69, 9.17) is 16.0 Å². The summed E-state index contributed by atoms with van der Waals surface area (Å²) in [5, 5.41) is 1.57. The van der Waals surface area contributed by atoms with Crippen molar-refractivity contribution in [1.29, 1.82) is 0 Å². The van der Waals surface area contributed by atoms with Gasteiger partial charge in [-0.15, -0.1) is 0 Å². The maximum atomic E-state index is 6.90. The molecule has 3 aromatic rings. The van der Waals surface area contributed by atoms with Gasteiger partial charge in [0.25, 0.3) is 8.32 Å². The molecule has 0 amide bonds. The first-order valence-corrected chi connectivity index (χ1v) is 13.5. The van der Waals surface area contributed by atoms with Crippen LogP contribution in [-0.4, -0.2) is 13.3 Å². The zero-order chi connectivity index (χ0) is 21.3. The molecule has 2 nitrogen and oxygen atoms in total. The topological polar surface area (TPSA) is 22.1 Å². The summed E-state index contributed by atoms with van der Waals surface area (Å²) >= 11 is 9.92. The first-order valence-electron chi connectivity index (χ1n) is 10.2. The van der Waals surface area contributed by atoms with E-state index in [1.165, 1.54) is 0 Å². The molecule has 30 heavy (non-hydrogen) atoms. The summed E-state index contributed by atoms with van der Waals surface area (Å²) in [4.78, 5) is 4.47. The Hall–Kier alpha value is -0.844. The summed E-state index contributed by atoms with van der Waals surface area (Å²) in [7, 11) is -2.01. The van der Waals surface area contributed by atoms with Gasteiger partial charge >= 0.3 is 0 Å². The van der Waals surface area contributed by atoms with Crippen LogP contribution in [0.5, 0.6) is 5.75 Å². The van der Waals surface area contributed by atoms with E-state index in [0.717, 1.165) is 32.3 Å². The maximum absolute atomic E-state index is 6.90. The molecule has 0 saturated carbocycles. The number of hydrogen-bond donors (Lipinski definition) is 0. The first kappa shape index (κ1) is 25.4. The molecule has 0 bridgehead atoms. The molecule has 0 aliphatic carbocycles. The fraction of sp³-hybridized carbons (Fsp3) is 0.375. The molecule has 3 rings (SSSR count). The van der Waals surface area contributed by atoms with Gasteiger partial charge in [-0.05, 0) is 64.1 Å². The Morgan fingerprint density at radius 3 is 2.13 bits per heavy atom. The van der Waals surface area contributed by atoms with Crippen LogP contribution in [-0.2, 0) is 17.1 Å². The summed E-state index contributed by atoms with van der Waals surface area (Å²) in [6, 6.07) is 16.4. The minimum absolute atomic E-state index is 0. The minimum Gasteiger partial charge on any atom is -0.543 e. The van der Waals surface area contributed by atoms with Crippen molar-refractivity contribution in [3.8, 4) is 16.9 Å². The molecule has 165 valence electrons. The van der Waals surface area contributed by atoms with Crippen LogP contribution in [0.3, 0.4) is 0 Å². The van der Waals surface area contributed by atoms with E-state index in [2.05, 4.69) is 92.8 Å². The zero-order valence-electron chi connectivity index (χ0n) is 18.3. The Morgan fingerprint density at radius 2 is 1.53 bits per heavy atom. The molecule has 0 fully saturated rings. The zero-order valence-corrected chi connectivity index (χ0v) is 22.5. The molecule has 0 aliphatic rings. The van der Waals surface area contributed by atoms with Crippen LogP contribution in [0.25, 0.3) is 22.0 Å². The second kappa shape index (κ2) is 10.2. The fourth-order valence-corrected chi connectivity index (χ4v) is 10.5. The summed E-state index contributed by atoms with van der Waals surface area (Å²) in [5.74, 6) is 0.946. The van der Waals surface area contributed by atoms with Crippen LogP contribution < -0.4 is 4.43 Å². The SMILES string of the molecule is CC(C)[Si](Oc1cccc(-c2cc(Cl)nc3ccc(Br)cc23)c1)(C(C)C)C(C)C.[Cu]. The predicted octanol–water partition coefficient (Wildman–Crippen LogP) is 8.87. The molecule has 2 aromatic carbocycles. The van der Waals surface area contributed by atoms with E-state index in [9.17, 15) is 0 Å². The van der Waals surface area contributed by atoms with Crippen molar-refractivity contribution in [2.45, 2.75) is 58.2 Å². The number of rotatable bonds is 6. The Bertz CT molecular complexity index is 1000. The third kappa shape index (κ3) is 4.97. The van der Waals surface area contributed by atoms with Crippen molar-refractivity contribution in [3.05, 3.63) is 58.2 Å². The second-order valence-corrected chi connectivity index (χ2v) is 15.3. The van der Waals surface area contributed by atoms with Crippen LogP contribution >= 0.6 is 27.5 Å². The quantitative estimate of drug-likeness (QED) is 0.224.